The highest BCUT2D eigenvalue weighted by atomic mass is 32.2. The van der Waals surface area contributed by atoms with Gasteiger partial charge in [-0.3, -0.25) is 4.79 Å². The first-order valence-corrected chi connectivity index (χ1v) is 12.4. The number of likely N-dealkylation sites (tertiary alicyclic amines) is 1. The zero-order valence-corrected chi connectivity index (χ0v) is 18.9. The fourth-order valence-electron chi connectivity index (χ4n) is 4.25. The summed E-state index contributed by atoms with van der Waals surface area (Å²) in [7, 11) is -3.57. The molecular formula is C22H30N4O4S. The summed E-state index contributed by atoms with van der Waals surface area (Å²) in [6.07, 6.45) is 2.68. The maximum Gasteiger partial charge on any atom is 0.243 e. The maximum absolute atomic E-state index is 13.0. The van der Waals surface area contributed by atoms with E-state index in [2.05, 4.69) is 11.1 Å². The highest BCUT2D eigenvalue weighted by Gasteiger charge is 2.27. The number of rotatable bonds is 6. The second-order valence-electron chi connectivity index (χ2n) is 8.07. The van der Waals surface area contributed by atoms with E-state index in [1.54, 1.807) is 12.1 Å². The third kappa shape index (κ3) is 4.53. The van der Waals surface area contributed by atoms with Crippen LogP contribution in [0.5, 0.6) is 0 Å². The maximum atomic E-state index is 13.0. The Kier molecular flexibility index (Phi) is 6.45. The average molecular weight is 447 g/mol. The van der Waals surface area contributed by atoms with Crippen LogP contribution in [0.2, 0.25) is 0 Å². The Balaban J connectivity index is 1.53. The number of hydrogen-bond donors (Lipinski definition) is 0. The summed E-state index contributed by atoms with van der Waals surface area (Å²) in [5.74, 6) is 0.950. The van der Waals surface area contributed by atoms with Crippen LogP contribution in [0.3, 0.4) is 0 Å². The summed E-state index contributed by atoms with van der Waals surface area (Å²) < 4.78 is 34.8. The largest absolute Gasteiger partial charge is 0.379 e. The van der Waals surface area contributed by atoms with Crippen LogP contribution >= 0.6 is 0 Å². The number of piperidine rings is 1. The van der Waals surface area contributed by atoms with Crippen molar-refractivity contribution >= 4 is 27.0 Å². The number of carbonyl (C=O) groups excluding carboxylic acids is 1. The Morgan fingerprint density at radius 1 is 1.16 bits per heavy atom. The fraction of sp³-hybridized carbons (Fsp3) is 0.545. The van der Waals surface area contributed by atoms with Crippen LogP contribution in [0.1, 0.15) is 32.0 Å². The molecule has 2 fully saturated rings. The summed E-state index contributed by atoms with van der Waals surface area (Å²) in [4.78, 5) is 19.5. The lowest BCUT2D eigenvalue weighted by Crippen LogP contribution is -2.40. The molecule has 0 atom stereocenters. The van der Waals surface area contributed by atoms with Gasteiger partial charge in [-0.2, -0.15) is 4.31 Å². The molecule has 2 aromatic rings. The van der Waals surface area contributed by atoms with E-state index in [0.29, 0.717) is 51.2 Å². The van der Waals surface area contributed by atoms with Gasteiger partial charge in [0.05, 0.1) is 29.1 Å². The quantitative estimate of drug-likeness (QED) is 0.635. The van der Waals surface area contributed by atoms with Crippen LogP contribution < -0.4 is 0 Å². The van der Waals surface area contributed by atoms with Gasteiger partial charge in [0.1, 0.15) is 5.82 Å². The molecule has 3 heterocycles. The summed E-state index contributed by atoms with van der Waals surface area (Å²) in [6.45, 7) is 9.76. The smallest absolute Gasteiger partial charge is 0.243 e. The molecule has 0 N–H and O–H groups in total. The van der Waals surface area contributed by atoms with Gasteiger partial charge in [0, 0.05) is 45.6 Å². The second kappa shape index (κ2) is 9.10. The van der Waals surface area contributed by atoms with Gasteiger partial charge in [-0.15, -0.1) is 0 Å². The van der Waals surface area contributed by atoms with Crippen molar-refractivity contribution in [3.05, 3.63) is 36.2 Å². The van der Waals surface area contributed by atoms with Gasteiger partial charge in [-0.25, -0.2) is 13.4 Å². The molecule has 0 bridgehead atoms. The van der Waals surface area contributed by atoms with E-state index in [1.165, 1.54) is 9.88 Å². The molecule has 2 aliphatic heterocycles. The molecule has 1 aromatic carbocycles. The van der Waals surface area contributed by atoms with Crippen LogP contribution in [-0.4, -0.2) is 72.5 Å². The first-order chi connectivity index (χ1) is 14.9. The molecule has 2 saturated heterocycles. The normalized spacial score (nSPS) is 18.6. The van der Waals surface area contributed by atoms with Gasteiger partial charge in [0.25, 0.3) is 0 Å². The van der Waals surface area contributed by atoms with E-state index in [4.69, 9.17) is 9.72 Å². The number of carbonyl (C=O) groups is 1. The molecule has 1 amide bonds. The number of nitrogens with zero attached hydrogens (tertiary/aromatic N) is 4. The van der Waals surface area contributed by atoms with Crippen LogP contribution in [0.15, 0.2) is 35.2 Å². The lowest BCUT2D eigenvalue weighted by Gasteiger charge is -2.28. The Morgan fingerprint density at radius 2 is 1.87 bits per heavy atom. The third-order valence-electron chi connectivity index (χ3n) is 6.11. The lowest BCUT2D eigenvalue weighted by atomic mass is 10.1. The number of benzene rings is 1. The van der Waals surface area contributed by atoms with Gasteiger partial charge in [-0.1, -0.05) is 12.2 Å². The number of imidazole rings is 1. The third-order valence-corrected chi connectivity index (χ3v) is 8.00. The number of aromatic nitrogens is 2. The molecule has 8 nitrogen and oxygen atoms in total. The van der Waals surface area contributed by atoms with E-state index in [1.807, 2.05) is 17.9 Å². The van der Waals surface area contributed by atoms with Crippen molar-refractivity contribution in [1.82, 2.24) is 18.8 Å². The van der Waals surface area contributed by atoms with Gasteiger partial charge in [0.15, 0.2) is 0 Å². The van der Waals surface area contributed by atoms with Crippen LogP contribution in [0.25, 0.3) is 11.0 Å². The summed E-state index contributed by atoms with van der Waals surface area (Å²) in [5, 5.41) is 0. The van der Waals surface area contributed by atoms with Gasteiger partial charge in [0.2, 0.25) is 15.9 Å². The molecule has 0 aliphatic carbocycles. The predicted molar refractivity (Wildman–Crippen MR) is 118 cm³/mol. The van der Waals surface area contributed by atoms with Crippen molar-refractivity contribution in [3.8, 4) is 0 Å². The Labute approximate surface area is 183 Å². The zero-order valence-electron chi connectivity index (χ0n) is 18.0. The SMILES string of the molecule is C=C1CCN(C(=O)CCc2nc3cc(S(=O)(=O)N4CCOCC4)ccc3n2CC)CC1. The molecular weight excluding hydrogens is 416 g/mol. The number of sulfonamides is 1. The van der Waals surface area contributed by atoms with E-state index in [0.717, 1.165) is 37.3 Å². The minimum absolute atomic E-state index is 0.137. The lowest BCUT2D eigenvalue weighted by molar-refractivity contribution is -0.131. The molecule has 0 unspecified atom stereocenters. The van der Waals surface area contributed by atoms with Crippen LogP contribution in [0, 0.1) is 0 Å². The average Bonchev–Trinajstić information content (AvgIpc) is 3.15. The van der Waals surface area contributed by atoms with Crippen molar-refractivity contribution in [2.45, 2.75) is 44.0 Å². The molecule has 9 heteroatoms. The van der Waals surface area contributed by atoms with Crippen molar-refractivity contribution in [2.75, 3.05) is 39.4 Å². The molecule has 2 aliphatic rings. The monoisotopic (exact) mass is 446 g/mol. The minimum atomic E-state index is -3.57. The topological polar surface area (TPSA) is 84.7 Å². The molecule has 4 rings (SSSR count). The number of morpholine rings is 1. The van der Waals surface area contributed by atoms with Crippen molar-refractivity contribution in [3.63, 3.8) is 0 Å². The highest BCUT2D eigenvalue weighted by molar-refractivity contribution is 7.89. The molecule has 1 aromatic heterocycles. The molecule has 0 radical (unpaired) electrons. The van der Waals surface area contributed by atoms with E-state index >= 15 is 0 Å². The van der Waals surface area contributed by atoms with Crippen molar-refractivity contribution in [1.29, 1.82) is 0 Å². The summed E-state index contributed by atoms with van der Waals surface area (Å²) in [5.41, 5.74) is 2.74. The van der Waals surface area contributed by atoms with Gasteiger partial charge < -0.3 is 14.2 Å². The van der Waals surface area contributed by atoms with Crippen molar-refractivity contribution in [2.24, 2.45) is 0 Å². The first-order valence-electron chi connectivity index (χ1n) is 10.9. The number of aryl methyl sites for hydroxylation is 2. The number of ether oxygens (including phenoxy) is 1. The second-order valence-corrected chi connectivity index (χ2v) is 10.0. The molecule has 0 spiro atoms. The van der Waals surface area contributed by atoms with E-state index < -0.39 is 10.0 Å². The number of amides is 1. The zero-order chi connectivity index (χ0) is 22.0. The minimum Gasteiger partial charge on any atom is -0.379 e. The predicted octanol–water partition coefficient (Wildman–Crippen LogP) is 2.19. The van der Waals surface area contributed by atoms with Crippen molar-refractivity contribution < 1.29 is 17.9 Å². The van der Waals surface area contributed by atoms with E-state index in [9.17, 15) is 13.2 Å². The molecule has 0 saturated carbocycles. The van der Waals surface area contributed by atoms with E-state index in [-0.39, 0.29) is 10.8 Å². The molecule has 168 valence electrons. The van der Waals surface area contributed by atoms with Gasteiger partial charge in [-0.05, 0) is 38.0 Å². The van der Waals surface area contributed by atoms with Gasteiger partial charge >= 0.3 is 0 Å². The Bertz CT molecular complexity index is 1080. The Morgan fingerprint density at radius 3 is 2.55 bits per heavy atom. The standard InChI is InChI=1S/C22H30N4O4S/c1-3-26-20-5-4-18(31(28,29)25-12-14-30-15-13-25)16-19(20)23-21(26)6-7-22(27)24-10-8-17(2)9-11-24/h4-5,16H,2-3,6-15H2,1H3. The summed E-state index contributed by atoms with van der Waals surface area (Å²) in [6, 6.07) is 5.12. The summed E-state index contributed by atoms with van der Waals surface area (Å²) >= 11 is 0. The molecule has 31 heavy (non-hydrogen) atoms. The Hall–Kier alpha value is -2.23. The number of hydrogen-bond acceptors (Lipinski definition) is 5. The highest BCUT2D eigenvalue weighted by Crippen LogP contribution is 2.24. The van der Waals surface area contributed by atoms with Crippen LogP contribution in [0.4, 0.5) is 0 Å². The fourth-order valence-corrected chi connectivity index (χ4v) is 5.68. The van der Waals surface area contributed by atoms with Crippen LogP contribution in [-0.2, 0) is 32.5 Å². The first kappa shape index (κ1) is 22.0. The number of fused-ring (bicyclic) bond motifs is 1.